The van der Waals surface area contributed by atoms with E-state index in [9.17, 15) is 4.79 Å². The van der Waals surface area contributed by atoms with Crippen molar-refractivity contribution >= 4 is 6.03 Å². The first kappa shape index (κ1) is 15.2. The first-order valence-electron chi connectivity index (χ1n) is 5.89. The van der Waals surface area contributed by atoms with Crippen molar-refractivity contribution in [2.24, 2.45) is 5.41 Å². The lowest BCUT2D eigenvalue weighted by Crippen LogP contribution is -2.39. The lowest BCUT2D eigenvalue weighted by Gasteiger charge is -2.21. The molecule has 4 heteroatoms. The Morgan fingerprint density at radius 2 is 2.00 bits per heavy atom. The number of hydrogen-bond donors (Lipinski definition) is 2. The Kier molecular flexibility index (Phi) is 6.41. The average molecular weight is 230 g/mol. The predicted octanol–water partition coefficient (Wildman–Crippen LogP) is 1.83. The van der Waals surface area contributed by atoms with Crippen molar-refractivity contribution in [3.05, 3.63) is 0 Å². The highest BCUT2D eigenvalue weighted by Gasteiger charge is 2.12. The quantitative estimate of drug-likeness (QED) is 0.757. The number of aliphatic hydroxyl groups is 1. The highest BCUT2D eigenvalue weighted by molar-refractivity contribution is 5.73. The van der Waals surface area contributed by atoms with Crippen LogP contribution in [-0.2, 0) is 0 Å². The molecule has 0 fully saturated rings. The van der Waals surface area contributed by atoms with Gasteiger partial charge in [0, 0.05) is 20.1 Å². The van der Waals surface area contributed by atoms with Crippen LogP contribution in [0.25, 0.3) is 0 Å². The zero-order valence-electron chi connectivity index (χ0n) is 11.2. The normalized spacial score (nSPS) is 13.4. The van der Waals surface area contributed by atoms with Crippen LogP contribution >= 0.6 is 0 Å². The number of aliphatic hydroxyl groups excluding tert-OH is 1. The molecule has 4 nitrogen and oxygen atoms in total. The zero-order chi connectivity index (χ0) is 12.8. The summed E-state index contributed by atoms with van der Waals surface area (Å²) in [5.74, 6) is 0. The first-order valence-corrected chi connectivity index (χ1v) is 5.89. The summed E-state index contributed by atoms with van der Waals surface area (Å²) in [5.41, 5.74) is 0.242. The molecule has 0 aliphatic carbocycles. The van der Waals surface area contributed by atoms with E-state index in [1.165, 1.54) is 0 Å². The van der Waals surface area contributed by atoms with E-state index in [-0.39, 0.29) is 17.6 Å². The van der Waals surface area contributed by atoms with Crippen LogP contribution in [0.1, 0.15) is 40.5 Å². The van der Waals surface area contributed by atoms with E-state index in [2.05, 4.69) is 26.1 Å². The molecule has 1 atom stereocenters. The first-order chi connectivity index (χ1) is 7.22. The van der Waals surface area contributed by atoms with Crippen LogP contribution in [0.3, 0.4) is 0 Å². The van der Waals surface area contributed by atoms with E-state index < -0.39 is 0 Å². The number of rotatable bonds is 5. The van der Waals surface area contributed by atoms with Gasteiger partial charge in [0.15, 0.2) is 0 Å². The van der Waals surface area contributed by atoms with E-state index in [0.29, 0.717) is 19.5 Å². The third-order valence-electron chi connectivity index (χ3n) is 2.38. The Morgan fingerprint density at radius 1 is 1.44 bits per heavy atom. The fourth-order valence-corrected chi connectivity index (χ4v) is 1.16. The smallest absolute Gasteiger partial charge is 0.317 e. The molecule has 0 saturated carbocycles. The highest BCUT2D eigenvalue weighted by atomic mass is 16.3. The molecule has 16 heavy (non-hydrogen) atoms. The zero-order valence-corrected chi connectivity index (χ0v) is 11.2. The Labute approximate surface area is 99.0 Å². The van der Waals surface area contributed by atoms with Gasteiger partial charge in [-0.2, -0.15) is 0 Å². The van der Waals surface area contributed by atoms with Crippen molar-refractivity contribution in [3.63, 3.8) is 0 Å². The monoisotopic (exact) mass is 230 g/mol. The molecule has 96 valence electrons. The van der Waals surface area contributed by atoms with Gasteiger partial charge in [-0.1, -0.05) is 20.8 Å². The van der Waals surface area contributed by atoms with E-state index in [1.807, 2.05) is 0 Å². The van der Waals surface area contributed by atoms with Crippen molar-refractivity contribution in [3.8, 4) is 0 Å². The fourth-order valence-electron chi connectivity index (χ4n) is 1.16. The summed E-state index contributed by atoms with van der Waals surface area (Å²) in [6, 6.07) is -0.0649. The van der Waals surface area contributed by atoms with Gasteiger partial charge < -0.3 is 15.3 Å². The molecule has 0 unspecified atom stereocenters. The predicted molar refractivity (Wildman–Crippen MR) is 66.4 cm³/mol. The number of carbonyl (C=O) groups is 1. The molecule has 0 bridgehead atoms. The van der Waals surface area contributed by atoms with E-state index in [0.717, 1.165) is 6.42 Å². The van der Waals surface area contributed by atoms with Crippen molar-refractivity contribution in [2.45, 2.75) is 46.6 Å². The highest BCUT2D eigenvalue weighted by Crippen LogP contribution is 2.16. The molecule has 0 spiro atoms. The fraction of sp³-hybridized carbons (Fsp3) is 0.917. The SMILES string of the molecule is C[C@@H](O)CCN(C)C(=O)NCCC(C)(C)C. The molecular formula is C12H26N2O2. The minimum absolute atomic E-state index is 0.0649. The molecule has 0 aromatic rings. The maximum Gasteiger partial charge on any atom is 0.317 e. The molecule has 0 aromatic heterocycles. The van der Waals surface area contributed by atoms with Gasteiger partial charge in [0.05, 0.1) is 6.10 Å². The summed E-state index contributed by atoms with van der Waals surface area (Å²) in [6.45, 7) is 9.45. The second-order valence-electron chi connectivity index (χ2n) is 5.60. The standard InChI is InChI=1S/C12H26N2O2/c1-10(15)6-9-14(5)11(16)13-8-7-12(2,3)4/h10,15H,6-9H2,1-5H3,(H,13,16)/t10-/m1/s1. The lowest BCUT2D eigenvalue weighted by atomic mass is 9.92. The van der Waals surface area contributed by atoms with Crippen LogP contribution in [0.5, 0.6) is 0 Å². The molecule has 0 heterocycles. The van der Waals surface area contributed by atoms with E-state index >= 15 is 0 Å². The van der Waals surface area contributed by atoms with Gasteiger partial charge in [0.2, 0.25) is 0 Å². The second-order valence-corrected chi connectivity index (χ2v) is 5.60. The van der Waals surface area contributed by atoms with Gasteiger partial charge in [-0.05, 0) is 25.2 Å². The third-order valence-corrected chi connectivity index (χ3v) is 2.38. The van der Waals surface area contributed by atoms with Gasteiger partial charge in [0.25, 0.3) is 0 Å². The maximum absolute atomic E-state index is 11.6. The molecule has 0 aliphatic rings. The van der Waals surface area contributed by atoms with Crippen molar-refractivity contribution in [2.75, 3.05) is 20.1 Å². The molecule has 0 aromatic carbocycles. The summed E-state index contributed by atoms with van der Waals surface area (Å²) < 4.78 is 0. The van der Waals surface area contributed by atoms with Crippen LogP contribution in [0.4, 0.5) is 4.79 Å². The Bertz CT molecular complexity index is 210. The molecule has 2 amide bonds. The summed E-state index contributed by atoms with van der Waals surface area (Å²) in [6.07, 6.45) is 1.22. The summed E-state index contributed by atoms with van der Waals surface area (Å²) in [7, 11) is 1.74. The Hall–Kier alpha value is -0.770. The Morgan fingerprint density at radius 3 is 2.44 bits per heavy atom. The Balaban J connectivity index is 3.71. The molecular weight excluding hydrogens is 204 g/mol. The van der Waals surface area contributed by atoms with Crippen LogP contribution in [-0.4, -0.2) is 42.3 Å². The number of urea groups is 1. The van der Waals surface area contributed by atoms with Gasteiger partial charge in [-0.15, -0.1) is 0 Å². The van der Waals surface area contributed by atoms with E-state index in [1.54, 1.807) is 18.9 Å². The summed E-state index contributed by atoms with van der Waals surface area (Å²) >= 11 is 0. The average Bonchev–Trinajstić information content (AvgIpc) is 2.11. The molecule has 2 N–H and O–H groups in total. The second kappa shape index (κ2) is 6.74. The minimum Gasteiger partial charge on any atom is -0.393 e. The largest absolute Gasteiger partial charge is 0.393 e. The number of amides is 2. The third kappa shape index (κ3) is 8.53. The maximum atomic E-state index is 11.6. The van der Waals surface area contributed by atoms with Crippen molar-refractivity contribution < 1.29 is 9.90 Å². The van der Waals surface area contributed by atoms with Crippen LogP contribution in [0.2, 0.25) is 0 Å². The van der Waals surface area contributed by atoms with Crippen molar-refractivity contribution in [1.29, 1.82) is 0 Å². The van der Waals surface area contributed by atoms with Gasteiger partial charge >= 0.3 is 6.03 Å². The van der Waals surface area contributed by atoms with Crippen LogP contribution in [0.15, 0.2) is 0 Å². The van der Waals surface area contributed by atoms with Crippen LogP contribution < -0.4 is 5.32 Å². The van der Waals surface area contributed by atoms with Gasteiger partial charge in [-0.3, -0.25) is 0 Å². The molecule has 0 aliphatic heterocycles. The number of nitrogens with zero attached hydrogens (tertiary/aromatic N) is 1. The molecule has 0 radical (unpaired) electrons. The van der Waals surface area contributed by atoms with Gasteiger partial charge in [0.1, 0.15) is 0 Å². The van der Waals surface area contributed by atoms with E-state index in [4.69, 9.17) is 5.11 Å². The molecule has 0 saturated heterocycles. The van der Waals surface area contributed by atoms with Gasteiger partial charge in [-0.25, -0.2) is 4.79 Å². The number of hydrogen-bond acceptors (Lipinski definition) is 2. The number of carbonyl (C=O) groups excluding carboxylic acids is 1. The minimum atomic E-state index is -0.357. The summed E-state index contributed by atoms with van der Waals surface area (Å²) in [5, 5.41) is 12.0. The van der Waals surface area contributed by atoms with Crippen LogP contribution in [0, 0.1) is 5.41 Å². The van der Waals surface area contributed by atoms with Crippen molar-refractivity contribution in [1.82, 2.24) is 10.2 Å². The molecule has 0 rings (SSSR count). The summed E-state index contributed by atoms with van der Waals surface area (Å²) in [4.78, 5) is 13.2. The topological polar surface area (TPSA) is 52.6 Å². The lowest BCUT2D eigenvalue weighted by molar-refractivity contribution is 0.163. The number of nitrogens with one attached hydrogen (secondary N) is 1.